The summed E-state index contributed by atoms with van der Waals surface area (Å²) in [5.41, 5.74) is 2.74. The van der Waals surface area contributed by atoms with Gasteiger partial charge in [0.2, 0.25) is 0 Å². The third-order valence-corrected chi connectivity index (χ3v) is 6.28. The molecule has 11 heteroatoms. The molecule has 0 radical (unpaired) electrons. The molecule has 9 nitrogen and oxygen atoms in total. The SMILES string of the molecule is COc1cc(CNC(=O)C2NC(=O)c3c(COCc4ccc(C(=O)O)cc4)csc3N2)ccc1F. The van der Waals surface area contributed by atoms with E-state index in [-0.39, 0.29) is 31.1 Å². The van der Waals surface area contributed by atoms with Crippen LogP contribution in [0.5, 0.6) is 5.75 Å². The topological polar surface area (TPSA) is 126 Å². The van der Waals surface area contributed by atoms with E-state index in [2.05, 4.69) is 16.0 Å². The molecule has 35 heavy (non-hydrogen) atoms. The monoisotopic (exact) mass is 499 g/mol. The Bertz CT molecular complexity index is 1260. The number of carbonyl (C=O) groups excluding carboxylic acids is 2. The lowest BCUT2D eigenvalue weighted by atomic mass is 10.1. The third kappa shape index (κ3) is 5.58. The molecule has 1 aromatic heterocycles. The van der Waals surface area contributed by atoms with Crippen LogP contribution < -0.4 is 20.7 Å². The largest absolute Gasteiger partial charge is 0.494 e. The van der Waals surface area contributed by atoms with Crippen molar-refractivity contribution in [1.29, 1.82) is 0 Å². The van der Waals surface area contributed by atoms with Gasteiger partial charge in [-0.2, -0.15) is 0 Å². The van der Waals surface area contributed by atoms with Crippen molar-refractivity contribution >= 4 is 34.1 Å². The lowest BCUT2D eigenvalue weighted by molar-refractivity contribution is -0.122. The maximum absolute atomic E-state index is 13.6. The fourth-order valence-electron chi connectivity index (χ4n) is 3.48. The standard InChI is InChI=1S/C24H22FN3O6S/c1-33-18-8-14(4-7-17(18)25)9-26-22(30)20-27-21(29)19-16(12-35-23(19)28-20)11-34-10-13-2-5-15(6-3-13)24(31)32/h2-8,12,20,28H,9-11H2,1H3,(H,26,30)(H,27,29)(H,31,32). The molecule has 0 spiro atoms. The molecule has 0 fully saturated rings. The number of amides is 2. The molecule has 0 aliphatic carbocycles. The Morgan fingerprint density at radius 2 is 1.86 bits per heavy atom. The van der Waals surface area contributed by atoms with Gasteiger partial charge in [-0.15, -0.1) is 11.3 Å². The van der Waals surface area contributed by atoms with Crippen molar-refractivity contribution in [3.63, 3.8) is 0 Å². The summed E-state index contributed by atoms with van der Waals surface area (Å²) in [6.45, 7) is 0.553. The van der Waals surface area contributed by atoms with Gasteiger partial charge in [-0.25, -0.2) is 9.18 Å². The van der Waals surface area contributed by atoms with Gasteiger partial charge in [0.15, 0.2) is 17.7 Å². The van der Waals surface area contributed by atoms with Crippen LogP contribution in [0.3, 0.4) is 0 Å². The van der Waals surface area contributed by atoms with E-state index in [1.807, 2.05) is 0 Å². The molecule has 1 atom stereocenters. The maximum atomic E-state index is 13.6. The summed E-state index contributed by atoms with van der Waals surface area (Å²) in [4.78, 5) is 36.3. The minimum Gasteiger partial charge on any atom is -0.494 e. The van der Waals surface area contributed by atoms with Crippen LogP contribution in [0.15, 0.2) is 47.8 Å². The van der Waals surface area contributed by atoms with E-state index < -0.39 is 29.8 Å². The van der Waals surface area contributed by atoms with Gasteiger partial charge in [0, 0.05) is 12.1 Å². The highest BCUT2D eigenvalue weighted by Crippen LogP contribution is 2.32. The Morgan fingerprint density at radius 1 is 1.11 bits per heavy atom. The summed E-state index contributed by atoms with van der Waals surface area (Å²) in [7, 11) is 1.36. The number of methoxy groups -OCH3 is 1. The van der Waals surface area contributed by atoms with E-state index in [4.69, 9.17) is 14.6 Å². The van der Waals surface area contributed by atoms with Gasteiger partial charge in [0.1, 0.15) is 5.00 Å². The van der Waals surface area contributed by atoms with Crippen LogP contribution in [0.2, 0.25) is 0 Å². The van der Waals surface area contributed by atoms with E-state index in [1.165, 1.54) is 48.8 Å². The molecule has 2 aromatic carbocycles. The molecule has 182 valence electrons. The summed E-state index contributed by atoms with van der Waals surface area (Å²) >= 11 is 1.29. The highest BCUT2D eigenvalue weighted by molar-refractivity contribution is 7.14. The average Bonchev–Trinajstić information content (AvgIpc) is 3.27. The second-order valence-electron chi connectivity index (χ2n) is 7.70. The second kappa shape index (κ2) is 10.5. The van der Waals surface area contributed by atoms with Gasteiger partial charge >= 0.3 is 5.97 Å². The number of halogens is 1. The summed E-state index contributed by atoms with van der Waals surface area (Å²) in [6.07, 6.45) is -0.961. The third-order valence-electron chi connectivity index (χ3n) is 5.32. The Kier molecular flexibility index (Phi) is 7.28. The average molecular weight is 500 g/mol. The van der Waals surface area contributed by atoms with Gasteiger partial charge < -0.3 is 30.5 Å². The first kappa shape index (κ1) is 24.2. The van der Waals surface area contributed by atoms with E-state index in [1.54, 1.807) is 17.5 Å². The zero-order valence-electron chi connectivity index (χ0n) is 18.6. The number of nitrogens with one attached hydrogen (secondary N) is 3. The molecule has 1 aliphatic heterocycles. The summed E-state index contributed by atoms with van der Waals surface area (Å²) in [5.74, 6) is -2.25. The van der Waals surface area contributed by atoms with Crippen LogP contribution in [0, 0.1) is 5.82 Å². The Hall–Kier alpha value is -3.96. The normalized spacial score (nSPS) is 14.5. The second-order valence-corrected chi connectivity index (χ2v) is 8.58. The van der Waals surface area contributed by atoms with Crippen LogP contribution >= 0.6 is 11.3 Å². The van der Waals surface area contributed by atoms with Crippen LogP contribution in [0.25, 0.3) is 0 Å². The lowest BCUT2D eigenvalue weighted by Crippen LogP contribution is -2.53. The summed E-state index contributed by atoms with van der Waals surface area (Å²) in [6, 6.07) is 10.6. The van der Waals surface area contributed by atoms with Crippen molar-refractivity contribution in [2.75, 3.05) is 12.4 Å². The van der Waals surface area contributed by atoms with Crippen molar-refractivity contribution in [3.8, 4) is 5.75 Å². The number of rotatable bonds is 9. The Balaban J connectivity index is 1.32. The summed E-state index contributed by atoms with van der Waals surface area (Å²) in [5, 5.41) is 19.7. The van der Waals surface area contributed by atoms with Gasteiger partial charge in [-0.1, -0.05) is 18.2 Å². The van der Waals surface area contributed by atoms with Gasteiger partial charge in [-0.3, -0.25) is 9.59 Å². The highest BCUT2D eigenvalue weighted by atomic mass is 32.1. The molecule has 0 saturated carbocycles. The van der Waals surface area contributed by atoms with E-state index in [0.717, 1.165) is 5.56 Å². The number of carboxylic acid groups (broad SMARTS) is 1. The minimum atomic E-state index is -0.997. The molecule has 2 amide bonds. The maximum Gasteiger partial charge on any atom is 0.335 e. The van der Waals surface area contributed by atoms with E-state index in [9.17, 15) is 18.8 Å². The zero-order valence-corrected chi connectivity index (χ0v) is 19.4. The van der Waals surface area contributed by atoms with Crippen molar-refractivity contribution in [2.24, 2.45) is 0 Å². The zero-order chi connectivity index (χ0) is 24.9. The molecule has 3 aromatic rings. The number of hydrogen-bond donors (Lipinski definition) is 4. The van der Waals surface area contributed by atoms with Crippen LogP contribution in [0.1, 0.15) is 37.4 Å². The molecule has 1 unspecified atom stereocenters. The molecule has 4 rings (SSSR count). The molecular formula is C24H22FN3O6S. The molecule has 4 N–H and O–H groups in total. The summed E-state index contributed by atoms with van der Waals surface area (Å²) < 4.78 is 24.2. The first-order valence-electron chi connectivity index (χ1n) is 10.5. The van der Waals surface area contributed by atoms with Crippen LogP contribution in [-0.4, -0.2) is 36.2 Å². The van der Waals surface area contributed by atoms with Crippen LogP contribution in [-0.2, 0) is 29.3 Å². The van der Waals surface area contributed by atoms with Gasteiger partial charge in [0.05, 0.1) is 31.5 Å². The predicted molar refractivity (Wildman–Crippen MR) is 126 cm³/mol. The van der Waals surface area contributed by atoms with E-state index >= 15 is 0 Å². The molecule has 0 bridgehead atoms. The van der Waals surface area contributed by atoms with Crippen molar-refractivity contribution < 1.29 is 33.4 Å². The molecule has 0 saturated heterocycles. The fraction of sp³-hybridized carbons (Fsp3) is 0.208. The minimum absolute atomic E-state index is 0.0797. The quantitative estimate of drug-likeness (QED) is 0.356. The van der Waals surface area contributed by atoms with Crippen molar-refractivity contribution in [2.45, 2.75) is 25.9 Å². The Labute approximate surface area is 203 Å². The Morgan fingerprint density at radius 3 is 2.57 bits per heavy atom. The number of benzene rings is 2. The van der Waals surface area contributed by atoms with Gasteiger partial charge in [-0.05, 0) is 40.8 Å². The smallest absolute Gasteiger partial charge is 0.335 e. The molecule has 1 aliphatic rings. The van der Waals surface area contributed by atoms with Crippen molar-refractivity contribution in [1.82, 2.24) is 10.6 Å². The predicted octanol–water partition coefficient (Wildman–Crippen LogP) is 3.11. The number of carbonyl (C=O) groups is 3. The number of carboxylic acids is 1. The number of aromatic carboxylic acids is 1. The molecule has 2 heterocycles. The number of fused-ring (bicyclic) bond motifs is 1. The number of ether oxygens (including phenoxy) is 2. The van der Waals surface area contributed by atoms with Crippen LogP contribution in [0.4, 0.5) is 9.39 Å². The number of thiophene rings is 1. The van der Waals surface area contributed by atoms with Crippen molar-refractivity contribution in [3.05, 3.63) is 81.5 Å². The fourth-order valence-corrected chi connectivity index (χ4v) is 4.46. The van der Waals surface area contributed by atoms with E-state index in [0.29, 0.717) is 21.7 Å². The first-order chi connectivity index (χ1) is 16.9. The first-order valence-corrected chi connectivity index (χ1v) is 11.4. The number of anilines is 1. The number of hydrogen-bond acceptors (Lipinski definition) is 7. The highest BCUT2D eigenvalue weighted by Gasteiger charge is 2.31. The molecular weight excluding hydrogens is 477 g/mol. The lowest BCUT2D eigenvalue weighted by Gasteiger charge is -2.25. The van der Waals surface area contributed by atoms with Gasteiger partial charge in [0.25, 0.3) is 11.8 Å².